The predicted molar refractivity (Wildman–Crippen MR) is 88.0 cm³/mol. The Morgan fingerprint density at radius 1 is 1.14 bits per heavy atom. The third-order valence-electron chi connectivity index (χ3n) is 2.94. The summed E-state index contributed by atoms with van der Waals surface area (Å²) in [4.78, 5) is 21.3. The van der Waals surface area contributed by atoms with E-state index in [0.29, 0.717) is 6.61 Å². The third kappa shape index (κ3) is 3.78. The van der Waals surface area contributed by atoms with E-state index in [9.17, 15) is 4.79 Å². The van der Waals surface area contributed by atoms with Crippen molar-refractivity contribution in [1.82, 2.24) is 10.5 Å². The highest BCUT2D eigenvalue weighted by atomic mass is 32.1. The highest BCUT2D eigenvalue weighted by molar-refractivity contribution is 7.19. The van der Waals surface area contributed by atoms with Gasteiger partial charge in [0.1, 0.15) is 5.01 Å². The lowest BCUT2D eigenvalue weighted by atomic mass is 10.2. The topological polar surface area (TPSA) is 51.2 Å². The van der Waals surface area contributed by atoms with Crippen molar-refractivity contribution >= 4 is 33.5 Å². The molecule has 0 saturated heterocycles. The van der Waals surface area contributed by atoms with Gasteiger partial charge in [-0.05, 0) is 23.8 Å². The molecule has 4 nitrogen and oxygen atoms in total. The van der Waals surface area contributed by atoms with Gasteiger partial charge >= 0.3 is 0 Å². The number of hydrogen-bond acceptors (Lipinski definition) is 4. The molecule has 1 N–H and O–H groups in total. The molecule has 1 aromatic heterocycles. The van der Waals surface area contributed by atoms with Gasteiger partial charge in [-0.25, -0.2) is 10.5 Å². The Morgan fingerprint density at radius 2 is 1.91 bits per heavy atom. The maximum atomic E-state index is 11.7. The van der Waals surface area contributed by atoms with E-state index in [0.717, 1.165) is 20.8 Å². The van der Waals surface area contributed by atoms with Gasteiger partial charge in [0.15, 0.2) is 0 Å². The molecule has 0 radical (unpaired) electrons. The summed E-state index contributed by atoms with van der Waals surface area (Å²) in [6.45, 7) is 0.335. The van der Waals surface area contributed by atoms with Gasteiger partial charge in [0.2, 0.25) is 0 Å². The van der Waals surface area contributed by atoms with Crippen LogP contribution in [0.25, 0.3) is 16.3 Å². The van der Waals surface area contributed by atoms with E-state index in [1.165, 1.54) is 6.08 Å². The van der Waals surface area contributed by atoms with Crippen molar-refractivity contribution < 1.29 is 9.63 Å². The maximum absolute atomic E-state index is 11.7. The minimum Gasteiger partial charge on any atom is -0.269 e. The van der Waals surface area contributed by atoms with Crippen molar-refractivity contribution in [2.45, 2.75) is 6.61 Å². The average Bonchev–Trinajstić information content (AvgIpc) is 2.97. The lowest BCUT2D eigenvalue weighted by Gasteiger charge is -2.02. The van der Waals surface area contributed by atoms with Crippen LogP contribution in [0.2, 0.25) is 0 Å². The normalized spacial score (nSPS) is 11.1. The standard InChI is InChI=1S/C17H14N2O2S/c20-16(19-21-12-13-6-2-1-3-7-13)10-11-17-18-14-8-4-5-9-15(14)22-17/h1-11H,12H2,(H,19,20). The number of benzene rings is 2. The monoisotopic (exact) mass is 310 g/mol. The molecule has 0 aliphatic heterocycles. The number of thiazole rings is 1. The van der Waals surface area contributed by atoms with E-state index in [1.54, 1.807) is 17.4 Å². The van der Waals surface area contributed by atoms with Gasteiger partial charge in [0.25, 0.3) is 5.91 Å². The Morgan fingerprint density at radius 3 is 2.73 bits per heavy atom. The fourth-order valence-corrected chi connectivity index (χ4v) is 2.78. The summed E-state index contributed by atoms with van der Waals surface area (Å²) < 4.78 is 1.10. The van der Waals surface area contributed by atoms with Crippen molar-refractivity contribution in [1.29, 1.82) is 0 Å². The van der Waals surface area contributed by atoms with Crippen LogP contribution in [0.1, 0.15) is 10.6 Å². The Labute approximate surface area is 132 Å². The Balaban J connectivity index is 1.52. The maximum Gasteiger partial charge on any atom is 0.267 e. The zero-order valence-electron chi connectivity index (χ0n) is 11.7. The van der Waals surface area contributed by atoms with E-state index >= 15 is 0 Å². The van der Waals surface area contributed by atoms with Gasteiger partial charge < -0.3 is 0 Å². The van der Waals surface area contributed by atoms with Crippen LogP contribution in [0, 0.1) is 0 Å². The van der Waals surface area contributed by atoms with Crippen molar-refractivity contribution in [3.8, 4) is 0 Å². The quantitative estimate of drug-likeness (QED) is 0.579. The molecule has 1 amide bonds. The Kier molecular flexibility index (Phi) is 4.58. The second-order valence-corrected chi connectivity index (χ2v) is 5.66. The highest BCUT2D eigenvalue weighted by Crippen LogP contribution is 2.22. The zero-order chi connectivity index (χ0) is 15.2. The minimum absolute atomic E-state index is 0.310. The molecule has 2 aromatic carbocycles. The molecule has 3 aromatic rings. The number of para-hydroxylation sites is 1. The summed E-state index contributed by atoms with van der Waals surface area (Å²) in [5, 5.41) is 0.791. The van der Waals surface area contributed by atoms with E-state index < -0.39 is 0 Å². The number of rotatable bonds is 5. The van der Waals surface area contributed by atoms with Crippen LogP contribution in [-0.4, -0.2) is 10.9 Å². The van der Waals surface area contributed by atoms with E-state index in [1.807, 2.05) is 54.6 Å². The number of carbonyl (C=O) groups excluding carboxylic acids is 1. The van der Waals surface area contributed by atoms with Crippen LogP contribution in [-0.2, 0) is 16.2 Å². The van der Waals surface area contributed by atoms with Crippen molar-refractivity contribution in [3.05, 3.63) is 71.2 Å². The number of nitrogens with zero attached hydrogens (tertiary/aromatic N) is 1. The molecular weight excluding hydrogens is 296 g/mol. The summed E-state index contributed by atoms with van der Waals surface area (Å²) in [5.74, 6) is -0.310. The molecule has 0 saturated carbocycles. The van der Waals surface area contributed by atoms with Crippen molar-refractivity contribution in [2.24, 2.45) is 0 Å². The van der Waals surface area contributed by atoms with Crippen LogP contribution in [0.4, 0.5) is 0 Å². The third-order valence-corrected chi connectivity index (χ3v) is 3.94. The summed E-state index contributed by atoms with van der Waals surface area (Å²) >= 11 is 1.54. The van der Waals surface area contributed by atoms with Gasteiger partial charge in [0.05, 0.1) is 16.8 Å². The SMILES string of the molecule is O=C(C=Cc1nc2ccccc2s1)NOCc1ccccc1. The van der Waals surface area contributed by atoms with Crippen LogP contribution < -0.4 is 5.48 Å². The van der Waals surface area contributed by atoms with Gasteiger partial charge in [-0.15, -0.1) is 11.3 Å². The lowest BCUT2D eigenvalue weighted by Crippen LogP contribution is -2.21. The van der Waals surface area contributed by atoms with Gasteiger partial charge in [0, 0.05) is 6.08 Å². The summed E-state index contributed by atoms with van der Waals surface area (Å²) in [5.41, 5.74) is 4.32. The van der Waals surface area contributed by atoms with Crippen LogP contribution in [0.15, 0.2) is 60.7 Å². The second kappa shape index (κ2) is 6.98. The molecule has 0 bridgehead atoms. The first-order chi connectivity index (χ1) is 10.8. The van der Waals surface area contributed by atoms with E-state index in [4.69, 9.17) is 4.84 Å². The smallest absolute Gasteiger partial charge is 0.267 e. The number of carbonyl (C=O) groups is 1. The molecule has 0 unspecified atom stereocenters. The first-order valence-electron chi connectivity index (χ1n) is 6.80. The van der Waals surface area contributed by atoms with Gasteiger partial charge in [-0.1, -0.05) is 42.5 Å². The number of aromatic nitrogens is 1. The average molecular weight is 310 g/mol. The molecule has 0 atom stereocenters. The van der Waals surface area contributed by atoms with Crippen molar-refractivity contribution in [2.75, 3.05) is 0 Å². The summed E-state index contributed by atoms with van der Waals surface area (Å²) in [7, 11) is 0. The fraction of sp³-hybridized carbons (Fsp3) is 0.0588. The van der Waals surface area contributed by atoms with Crippen LogP contribution in [0.3, 0.4) is 0 Å². The summed E-state index contributed by atoms with van der Waals surface area (Å²) in [6, 6.07) is 17.5. The number of hydroxylamine groups is 1. The van der Waals surface area contributed by atoms with Crippen molar-refractivity contribution in [3.63, 3.8) is 0 Å². The molecule has 0 spiro atoms. The predicted octanol–water partition coefficient (Wildman–Crippen LogP) is 3.56. The van der Waals surface area contributed by atoms with Gasteiger partial charge in [-0.3, -0.25) is 9.63 Å². The number of nitrogens with one attached hydrogen (secondary N) is 1. The minimum atomic E-state index is -0.310. The first kappa shape index (κ1) is 14.4. The van der Waals surface area contributed by atoms with Crippen LogP contribution >= 0.6 is 11.3 Å². The fourth-order valence-electron chi connectivity index (χ4n) is 1.91. The number of amides is 1. The Hall–Kier alpha value is -2.50. The van der Waals surface area contributed by atoms with E-state index in [-0.39, 0.29) is 5.91 Å². The molecule has 5 heteroatoms. The molecule has 110 valence electrons. The largest absolute Gasteiger partial charge is 0.269 e. The van der Waals surface area contributed by atoms with E-state index in [2.05, 4.69) is 10.5 Å². The molecule has 3 rings (SSSR count). The lowest BCUT2D eigenvalue weighted by molar-refractivity contribution is -0.129. The molecule has 1 heterocycles. The first-order valence-corrected chi connectivity index (χ1v) is 7.62. The highest BCUT2D eigenvalue weighted by Gasteiger charge is 2.01. The van der Waals surface area contributed by atoms with Gasteiger partial charge in [-0.2, -0.15) is 0 Å². The number of fused-ring (bicyclic) bond motifs is 1. The number of hydrogen-bond donors (Lipinski definition) is 1. The Bertz CT molecular complexity index is 764. The molecule has 0 aliphatic carbocycles. The molecule has 22 heavy (non-hydrogen) atoms. The second-order valence-electron chi connectivity index (χ2n) is 4.59. The molecule has 0 aliphatic rings. The zero-order valence-corrected chi connectivity index (χ0v) is 12.5. The molecule has 0 fully saturated rings. The van der Waals surface area contributed by atoms with Crippen LogP contribution in [0.5, 0.6) is 0 Å². The summed E-state index contributed by atoms with van der Waals surface area (Å²) in [6.07, 6.45) is 3.11. The molecular formula is C17H14N2O2S.